The van der Waals surface area contributed by atoms with E-state index >= 15 is 0 Å². The maximum atomic E-state index is 12.5. The summed E-state index contributed by atoms with van der Waals surface area (Å²) in [4.78, 5) is 18.0. The number of carbonyl (C=O) groups excluding carboxylic acids is 1. The summed E-state index contributed by atoms with van der Waals surface area (Å²) in [5.74, 6) is 0.193. The molecule has 1 aliphatic rings. The van der Waals surface area contributed by atoms with Gasteiger partial charge in [0.25, 0.3) is 0 Å². The Morgan fingerprint density at radius 3 is 3.12 bits per heavy atom. The van der Waals surface area contributed by atoms with Crippen molar-refractivity contribution in [2.75, 3.05) is 6.54 Å². The number of hydrogen-bond donors (Lipinski definition) is 1. The zero-order valence-corrected chi connectivity index (χ0v) is 14.7. The molecule has 2 aromatic heterocycles. The van der Waals surface area contributed by atoms with E-state index in [1.165, 1.54) is 16.6 Å². The molecule has 0 spiro atoms. The average Bonchev–Trinajstić information content (AvgIpc) is 3.22. The fraction of sp³-hybridized carbons (Fsp3) is 0.375. The normalized spacial score (nSPS) is 14.1. The van der Waals surface area contributed by atoms with Crippen LogP contribution in [0.15, 0.2) is 29.0 Å². The molecule has 3 aromatic rings. The molecule has 0 atom stereocenters. The van der Waals surface area contributed by atoms with Crippen LogP contribution in [0.2, 0.25) is 0 Å². The van der Waals surface area contributed by atoms with Gasteiger partial charge in [-0.1, -0.05) is 12.1 Å². The summed E-state index contributed by atoms with van der Waals surface area (Å²) in [5, 5.41) is 12.2. The second-order valence-electron chi connectivity index (χ2n) is 5.99. The van der Waals surface area contributed by atoms with Crippen molar-refractivity contribution in [1.29, 1.82) is 0 Å². The number of nitrogens with one attached hydrogen (secondary N) is 1. The Labute approximate surface area is 147 Å². The number of carbonyl (C=O) groups is 1. The summed E-state index contributed by atoms with van der Waals surface area (Å²) >= 11 is 3.59. The van der Waals surface area contributed by atoms with Crippen molar-refractivity contribution >= 4 is 32.7 Å². The molecule has 3 heterocycles. The summed E-state index contributed by atoms with van der Waals surface area (Å²) < 4.78 is 2.72. The van der Waals surface area contributed by atoms with E-state index in [2.05, 4.69) is 42.5 Å². The van der Waals surface area contributed by atoms with Crippen molar-refractivity contribution in [2.45, 2.75) is 32.4 Å². The highest BCUT2D eigenvalue weighted by atomic mass is 79.9. The summed E-state index contributed by atoms with van der Waals surface area (Å²) in [7, 11) is 0. The molecule has 0 fully saturated rings. The zero-order valence-electron chi connectivity index (χ0n) is 13.1. The lowest BCUT2D eigenvalue weighted by atomic mass is 10.0. The van der Waals surface area contributed by atoms with Gasteiger partial charge in [-0.15, -0.1) is 5.10 Å². The summed E-state index contributed by atoms with van der Waals surface area (Å²) in [6.07, 6.45) is 3.70. The highest BCUT2D eigenvalue weighted by Crippen LogP contribution is 2.31. The van der Waals surface area contributed by atoms with Crippen LogP contribution >= 0.6 is 15.9 Å². The van der Waals surface area contributed by atoms with Crippen molar-refractivity contribution < 1.29 is 4.79 Å². The number of tetrazole rings is 1. The Hall–Kier alpha value is -2.22. The molecule has 0 saturated heterocycles. The SMILES string of the molecule is O=C(CCCn1cnnn1)N1CCc2[nH]c3c(Br)cccc3c2C1. The Balaban J connectivity index is 1.44. The van der Waals surface area contributed by atoms with E-state index in [4.69, 9.17) is 0 Å². The first-order valence-corrected chi connectivity index (χ1v) is 8.78. The fourth-order valence-corrected chi connectivity index (χ4v) is 3.71. The maximum Gasteiger partial charge on any atom is 0.222 e. The van der Waals surface area contributed by atoms with Gasteiger partial charge in [0.15, 0.2) is 0 Å². The topological polar surface area (TPSA) is 79.7 Å². The number of hydrogen-bond acceptors (Lipinski definition) is 4. The first-order chi connectivity index (χ1) is 11.7. The molecular weight excluding hydrogens is 372 g/mol. The van der Waals surface area contributed by atoms with E-state index in [9.17, 15) is 4.79 Å². The van der Waals surface area contributed by atoms with E-state index in [1.807, 2.05) is 17.0 Å². The van der Waals surface area contributed by atoms with Gasteiger partial charge in [0.05, 0.1) is 5.52 Å². The zero-order chi connectivity index (χ0) is 16.5. The Kier molecular flexibility index (Phi) is 4.05. The third-order valence-electron chi connectivity index (χ3n) is 4.48. The van der Waals surface area contributed by atoms with Gasteiger partial charge in [-0.3, -0.25) is 4.79 Å². The van der Waals surface area contributed by atoms with Crippen molar-refractivity contribution in [3.63, 3.8) is 0 Å². The molecule has 0 saturated carbocycles. The van der Waals surface area contributed by atoms with E-state index in [1.54, 1.807) is 11.0 Å². The van der Waals surface area contributed by atoms with Gasteiger partial charge in [0.2, 0.25) is 5.91 Å². The van der Waals surface area contributed by atoms with Crippen molar-refractivity contribution in [3.8, 4) is 0 Å². The molecule has 1 aliphatic heterocycles. The fourth-order valence-electron chi connectivity index (χ4n) is 3.25. The van der Waals surface area contributed by atoms with Gasteiger partial charge < -0.3 is 9.88 Å². The number of H-pyrrole nitrogens is 1. The highest BCUT2D eigenvalue weighted by Gasteiger charge is 2.24. The van der Waals surface area contributed by atoms with Crippen LogP contribution in [0.3, 0.4) is 0 Å². The minimum Gasteiger partial charge on any atom is -0.357 e. The number of aromatic amines is 1. The largest absolute Gasteiger partial charge is 0.357 e. The summed E-state index contributed by atoms with van der Waals surface area (Å²) in [6, 6.07) is 6.18. The monoisotopic (exact) mass is 388 g/mol. The van der Waals surface area contributed by atoms with Crippen molar-refractivity contribution in [3.05, 3.63) is 40.3 Å². The molecule has 0 unspecified atom stereocenters. The van der Waals surface area contributed by atoms with Crippen LogP contribution in [0.4, 0.5) is 0 Å². The number of para-hydroxylation sites is 1. The quantitative estimate of drug-likeness (QED) is 0.743. The Bertz CT molecular complexity index is 872. The third-order valence-corrected chi connectivity index (χ3v) is 5.14. The number of aromatic nitrogens is 5. The Morgan fingerprint density at radius 2 is 2.29 bits per heavy atom. The molecule has 7 nitrogen and oxygen atoms in total. The minimum atomic E-state index is 0.193. The molecule has 1 aromatic carbocycles. The third kappa shape index (κ3) is 2.82. The van der Waals surface area contributed by atoms with E-state index in [0.717, 1.165) is 29.4 Å². The van der Waals surface area contributed by atoms with Crippen LogP contribution < -0.4 is 0 Å². The lowest BCUT2D eigenvalue weighted by Gasteiger charge is -2.27. The van der Waals surface area contributed by atoms with Crippen molar-refractivity contribution in [2.24, 2.45) is 0 Å². The van der Waals surface area contributed by atoms with Gasteiger partial charge in [0.1, 0.15) is 6.33 Å². The average molecular weight is 389 g/mol. The molecule has 1 amide bonds. The molecule has 8 heteroatoms. The van der Waals surface area contributed by atoms with Gasteiger partial charge in [-0.25, -0.2) is 4.68 Å². The summed E-state index contributed by atoms with van der Waals surface area (Å²) in [6.45, 7) is 2.11. The predicted octanol–water partition coefficient (Wildman–Crippen LogP) is 2.28. The van der Waals surface area contributed by atoms with Crippen LogP contribution in [0, 0.1) is 0 Å². The molecule has 4 rings (SSSR count). The Morgan fingerprint density at radius 1 is 1.38 bits per heavy atom. The number of amides is 1. The molecule has 124 valence electrons. The second kappa shape index (κ2) is 6.35. The van der Waals surface area contributed by atoms with Crippen LogP contribution in [0.5, 0.6) is 0 Å². The lowest BCUT2D eigenvalue weighted by Crippen LogP contribution is -2.35. The summed E-state index contributed by atoms with van der Waals surface area (Å²) in [5.41, 5.74) is 3.61. The first-order valence-electron chi connectivity index (χ1n) is 7.99. The number of benzene rings is 1. The second-order valence-corrected chi connectivity index (χ2v) is 6.84. The molecule has 1 N–H and O–H groups in total. The van der Waals surface area contributed by atoms with Gasteiger partial charge in [-0.05, 0) is 38.8 Å². The van der Waals surface area contributed by atoms with Gasteiger partial charge >= 0.3 is 0 Å². The molecule has 24 heavy (non-hydrogen) atoms. The van der Waals surface area contributed by atoms with E-state index in [-0.39, 0.29) is 5.91 Å². The number of rotatable bonds is 4. The van der Waals surface area contributed by atoms with Crippen LogP contribution in [0.25, 0.3) is 10.9 Å². The van der Waals surface area contributed by atoms with E-state index < -0.39 is 0 Å². The van der Waals surface area contributed by atoms with Crippen LogP contribution in [-0.4, -0.2) is 42.5 Å². The first kappa shape index (κ1) is 15.3. The van der Waals surface area contributed by atoms with E-state index in [0.29, 0.717) is 19.5 Å². The number of aryl methyl sites for hydroxylation is 1. The number of nitrogens with zero attached hydrogens (tertiary/aromatic N) is 5. The van der Waals surface area contributed by atoms with Crippen LogP contribution in [0.1, 0.15) is 24.1 Å². The molecule has 0 bridgehead atoms. The maximum absolute atomic E-state index is 12.5. The highest BCUT2D eigenvalue weighted by molar-refractivity contribution is 9.10. The van der Waals surface area contributed by atoms with Gasteiger partial charge in [-0.2, -0.15) is 0 Å². The number of halogens is 1. The lowest BCUT2D eigenvalue weighted by molar-refractivity contribution is -0.132. The number of fused-ring (bicyclic) bond motifs is 3. The van der Waals surface area contributed by atoms with Gasteiger partial charge in [0, 0.05) is 53.6 Å². The standard InChI is InChI=1S/C16H17BrN6O/c17-13-4-1-3-11-12-9-22(8-6-14(12)19-16(11)13)15(24)5-2-7-23-10-18-20-21-23/h1,3-4,10,19H,2,5-9H2. The van der Waals surface area contributed by atoms with Crippen molar-refractivity contribution in [1.82, 2.24) is 30.1 Å². The smallest absolute Gasteiger partial charge is 0.222 e. The minimum absolute atomic E-state index is 0.193. The molecule has 0 aliphatic carbocycles. The predicted molar refractivity (Wildman–Crippen MR) is 92.2 cm³/mol. The molecule has 0 radical (unpaired) electrons. The molecular formula is C16H17BrN6O. The van der Waals surface area contributed by atoms with Crippen LogP contribution in [-0.2, 0) is 24.3 Å².